The first-order valence-electron chi connectivity index (χ1n) is 4.39. The molecule has 0 aliphatic rings. The number of nitrogen functional groups attached to an aromatic ring is 1. The summed E-state index contributed by atoms with van der Waals surface area (Å²) in [6.07, 6.45) is 1.72. The number of rotatable bonds is 3. The Morgan fingerprint density at radius 1 is 1.57 bits per heavy atom. The van der Waals surface area contributed by atoms with Crippen LogP contribution in [0.15, 0.2) is 6.07 Å². The minimum Gasteiger partial charge on any atom is -0.463 e. The van der Waals surface area contributed by atoms with Crippen LogP contribution < -0.4 is 5.73 Å². The van der Waals surface area contributed by atoms with Crippen LogP contribution in [0.25, 0.3) is 0 Å². The van der Waals surface area contributed by atoms with Crippen molar-refractivity contribution >= 4 is 11.8 Å². The second-order valence-electron chi connectivity index (χ2n) is 2.85. The summed E-state index contributed by atoms with van der Waals surface area (Å²) < 4.78 is 4.50. The first-order chi connectivity index (χ1) is 6.67. The van der Waals surface area contributed by atoms with E-state index in [1.807, 2.05) is 6.92 Å². The van der Waals surface area contributed by atoms with E-state index < -0.39 is 5.97 Å². The van der Waals surface area contributed by atoms with Gasteiger partial charge in [0.05, 0.1) is 7.11 Å². The van der Waals surface area contributed by atoms with E-state index in [4.69, 9.17) is 5.73 Å². The van der Waals surface area contributed by atoms with E-state index in [1.165, 1.54) is 7.11 Å². The highest BCUT2D eigenvalue weighted by molar-refractivity contribution is 5.85. The van der Waals surface area contributed by atoms with Gasteiger partial charge in [0, 0.05) is 11.8 Å². The van der Waals surface area contributed by atoms with Gasteiger partial charge in [-0.2, -0.15) is 0 Å². The molecule has 1 rings (SSSR count). The number of hydrogen-bond donors (Lipinski definition) is 1. The van der Waals surface area contributed by atoms with Crippen LogP contribution in [0.1, 0.15) is 29.7 Å². The van der Waals surface area contributed by atoms with Crippen molar-refractivity contribution in [2.45, 2.75) is 19.8 Å². The minimum atomic E-state index is -0.561. The summed E-state index contributed by atoms with van der Waals surface area (Å²) in [5.41, 5.74) is 6.29. The van der Waals surface area contributed by atoms with Crippen LogP contribution in [-0.2, 0) is 11.2 Å². The zero-order valence-corrected chi connectivity index (χ0v) is 8.28. The molecule has 0 saturated carbocycles. The molecule has 0 aliphatic heterocycles. The fourth-order valence-corrected chi connectivity index (χ4v) is 1.09. The minimum absolute atomic E-state index is 0.0240. The second-order valence-corrected chi connectivity index (χ2v) is 2.85. The summed E-state index contributed by atoms with van der Waals surface area (Å²) >= 11 is 0. The van der Waals surface area contributed by atoms with Crippen molar-refractivity contribution in [1.82, 2.24) is 9.97 Å². The van der Waals surface area contributed by atoms with Crippen LogP contribution in [0.3, 0.4) is 0 Å². The maximum absolute atomic E-state index is 11.1. The number of nitrogens with zero attached hydrogens (tertiary/aromatic N) is 2. The zero-order valence-electron chi connectivity index (χ0n) is 8.28. The van der Waals surface area contributed by atoms with E-state index in [-0.39, 0.29) is 5.82 Å². The van der Waals surface area contributed by atoms with Crippen molar-refractivity contribution in [1.29, 1.82) is 0 Å². The number of nitrogens with two attached hydrogens (primary N) is 1. The molecule has 0 bridgehead atoms. The van der Waals surface area contributed by atoms with Crippen molar-refractivity contribution in [3.63, 3.8) is 0 Å². The predicted octanol–water partition coefficient (Wildman–Crippen LogP) is 0.798. The van der Waals surface area contributed by atoms with E-state index in [9.17, 15) is 4.79 Å². The lowest BCUT2D eigenvalue weighted by atomic mass is 10.2. The molecular formula is C9H13N3O2. The second kappa shape index (κ2) is 4.55. The highest BCUT2D eigenvalue weighted by Crippen LogP contribution is 2.06. The number of anilines is 1. The van der Waals surface area contributed by atoms with E-state index in [1.54, 1.807) is 6.07 Å². The number of aromatic nitrogens is 2. The summed E-state index contributed by atoms with van der Waals surface area (Å²) in [6, 6.07) is 1.66. The van der Waals surface area contributed by atoms with Crippen LogP contribution in [-0.4, -0.2) is 23.0 Å². The average Bonchev–Trinajstić information content (AvgIpc) is 2.16. The summed E-state index contributed by atoms with van der Waals surface area (Å²) in [5, 5.41) is 0. The van der Waals surface area contributed by atoms with Crippen molar-refractivity contribution in [2.24, 2.45) is 0 Å². The first kappa shape index (κ1) is 10.4. The van der Waals surface area contributed by atoms with E-state index in [0.29, 0.717) is 5.82 Å². The molecule has 76 valence electrons. The highest BCUT2D eigenvalue weighted by atomic mass is 16.5. The lowest BCUT2D eigenvalue weighted by Crippen LogP contribution is -2.11. The molecule has 0 saturated heterocycles. The Balaban J connectivity index is 3.00. The van der Waals surface area contributed by atoms with Crippen molar-refractivity contribution in [3.8, 4) is 0 Å². The maximum atomic E-state index is 11.1. The molecule has 0 unspecified atom stereocenters. The van der Waals surface area contributed by atoms with Crippen LogP contribution in [0.4, 0.5) is 5.82 Å². The number of carbonyl (C=O) groups is 1. The topological polar surface area (TPSA) is 78.1 Å². The SMILES string of the molecule is CCCc1cc(N)nc(C(=O)OC)n1. The van der Waals surface area contributed by atoms with Gasteiger partial charge in [0.2, 0.25) is 5.82 Å². The van der Waals surface area contributed by atoms with Gasteiger partial charge in [-0.25, -0.2) is 14.8 Å². The molecule has 5 heteroatoms. The molecule has 0 atom stereocenters. The van der Waals surface area contributed by atoms with Gasteiger partial charge in [-0.1, -0.05) is 13.3 Å². The van der Waals surface area contributed by atoms with Crippen LogP contribution in [0, 0.1) is 0 Å². The Morgan fingerprint density at radius 2 is 2.29 bits per heavy atom. The maximum Gasteiger partial charge on any atom is 0.376 e. The van der Waals surface area contributed by atoms with Gasteiger partial charge in [-0.3, -0.25) is 0 Å². The fourth-order valence-electron chi connectivity index (χ4n) is 1.09. The lowest BCUT2D eigenvalue weighted by Gasteiger charge is -2.02. The van der Waals surface area contributed by atoms with Crippen molar-refractivity contribution in [2.75, 3.05) is 12.8 Å². The van der Waals surface area contributed by atoms with Gasteiger partial charge in [0.25, 0.3) is 0 Å². The van der Waals surface area contributed by atoms with E-state index in [0.717, 1.165) is 18.5 Å². The van der Waals surface area contributed by atoms with Crippen molar-refractivity contribution < 1.29 is 9.53 Å². The quantitative estimate of drug-likeness (QED) is 0.721. The number of hydrogen-bond acceptors (Lipinski definition) is 5. The third-order valence-corrected chi connectivity index (χ3v) is 1.67. The third-order valence-electron chi connectivity index (χ3n) is 1.67. The Kier molecular flexibility index (Phi) is 3.39. The number of esters is 1. The molecule has 0 radical (unpaired) electrons. The Morgan fingerprint density at radius 3 is 2.86 bits per heavy atom. The Bertz CT molecular complexity index is 339. The molecule has 1 heterocycles. The number of aryl methyl sites for hydroxylation is 1. The molecule has 2 N–H and O–H groups in total. The molecule has 1 aromatic heterocycles. The Labute approximate surface area is 82.3 Å². The summed E-state index contributed by atoms with van der Waals surface area (Å²) in [4.78, 5) is 18.9. The van der Waals surface area contributed by atoms with Crippen LogP contribution in [0.2, 0.25) is 0 Å². The monoisotopic (exact) mass is 195 g/mol. The van der Waals surface area contributed by atoms with Gasteiger partial charge < -0.3 is 10.5 Å². The molecule has 5 nitrogen and oxygen atoms in total. The largest absolute Gasteiger partial charge is 0.463 e. The molecule has 1 aromatic rings. The van der Waals surface area contributed by atoms with E-state index >= 15 is 0 Å². The van der Waals surface area contributed by atoms with Gasteiger partial charge >= 0.3 is 5.97 Å². The third kappa shape index (κ3) is 2.42. The smallest absolute Gasteiger partial charge is 0.376 e. The summed E-state index contributed by atoms with van der Waals surface area (Å²) in [6.45, 7) is 2.02. The van der Waals surface area contributed by atoms with Crippen molar-refractivity contribution in [3.05, 3.63) is 17.6 Å². The average molecular weight is 195 g/mol. The molecule has 14 heavy (non-hydrogen) atoms. The normalized spacial score (nSPS) is 9.86. The Hall–Kier alpha value is -1.65. The van der Waals surface area contributed by atoms with Crippen LogP contribution in [0.5, 0.6) is 0 Å². The van der Waals surface area contributed by atoms with Gasteiger partial charge in [-0.15, -0.1) is 0 Å². The fraction of sp³-hybridized carbons (Fsp3) is 0.444. The lowest BCUT2D eigenvalue weighted by molar-refractivity contribution is 0.0586. The standard InChI is InChI=1S/C9H13N3O2/c1-3-4-6-5-7(10)12-8(11-6)9(13)14-2/h5H,3-4H2,1-2H3,(H2,10,11,12). The summed E-state index contributed by atoms with van der Waals surface area (Å²) in [5.74, 6) is -0.241. The molecular weight excluding hydrogens is 182 g/mol. The number of carbonyl (C=O) groups excluding carboxylic acids is 1. The van der Waals surface area contributed by atoms with E-state index in [2.05, 4.69) is 14.7 Å². The van der Waals surface area contributed by atoms with Crippen LogP contribution >= 0.6 is 0 Å². The molecule has 0 amide bonds. The van der Waals surface area contributed by atoms with Gasteiger partial charge in [-0.05, 0) is 6.42 Å². The van der Waals surface area contributed by atoms with Gasteiger partial charge in [0.1, 0.15) is 5.82 Å². The predicted molar refractivity (Wildman–Crippen MR) is 51.8 cm³/mol. The number of methoxy groups -OCH3 is 1. The van der Waals surface area contributed by atoms with Gasteiger partial charge in [0.15, 0.2) is 0 Å². The molecule has 0 aliphatic carbocycles. The summed E-state index contributed by atoms with van der Waals surface area (Å²) in [7, 11) is 1.29. The molecule has 0 spiro atoms. The number of ether oxygens (including phenoxy) is 1. The molecule has 0 fully saturated rings. The molecule has 0 aromatic carbocycles. The first-order valence-corrected chi connectivity index (χ1v) is 4.39. The zero-order chi connectivity index (χ0) is 10.6. The highest BCUT2D eigenvalue weighted by Gasteiger charge is 2.10.